The molecule has 2 fully saturated rings. The monoisotopic (exact) mass is 957 g/mol. The minimum atomic E-state index is -1.01. The van der Waals surface area contributed by atoms with E-state index in [0.717, 1.165) is 49.3 Å². The van der Waals surface area contributed by atoms with Gasteiger partial charge >= 0.3 is 0 Å². The first-order valence-corrected chi connectivity index (χ1v) is 24.3. The molecule has 6 aromatic rings. The van der Waals surface area contributed by atoms with Crippen LogP contribution in [0, 0.1) is 23.7 Å². The van der Waals surface area contributed by atoms with Gasteiger partial charge in [-0.25, -0.2) is 9.50 Å². The lowest BCUT2D eigenvalue weighted by molar-refractivity contribution is -0.144. The third kappa shape index (κ3) is 10.5. The summed E-state index contributed by atoms with van der Waals surface area (Å²) in [4.78, 5) is 68.0. The van der Waals surface area contributed by atoms with E-state index in [-0.39, 0.29) is 49.7 Å². The summed E-state index contributed by atoms with van der Waals surface area (Å²) in [5.74, 6) is -1.57. The number of anilines is 2. The van der Waals surface area contributed by atoms with Gasteiger partial charge in [0.1, 0.15) is 18.2 Å². The predicted octanol–water partition coefficient (Wildman–Crippen LogP) is 5.50. The van der Waals surface area contributed by atoms with E-state index in [1.54, 1.807) is 28.1 Å². The Morgan fingerprint density at radius 3 is 2.41 bits per heavy atom. The normalized spacial score (nSPS) is 17.4. The summed E-state index contributed by atoms with van der Waals surface area (Å²) in [5, 5.41) is 47.0. The Morgan fingerprint density at radius 1 is 0.971 bits per heavy atom. The smallest absolute Gasteiger partial charge is 0.246 e. The van der Waals surface area contributed by atoms with Crippen molar-refractivity contribution in [2.45, 2.75) is 97.0 Å². The molecule has 354 valence electrons. The van der Waals surface area contributed by atoms with Crippen LogP contribution in [-0.2, 0) is 19.2 Å². The van der Waals surface area contributed by atoms with Gasteiger partial charge in [-0.05, 0) is 67.5 Å². The average Bonchev–Trinajstić information content (AvgIpc) is 4.16. The molecule has 2 aliphatic rings. The van der Waals surface area contributed by atoms with Crippen molar-refractivity contribution in [3.8, 4) is 38.5 Å². The van der Waals surface area contributed by atoms with E-state index < -0.39 is 35.4 Å². The first-order valence-electron chi connectivity index (χ1n) is 22.6. The fourth-order valence-electron chi connectivity index (χ4n) is 8.67. The minimum Gasteiger partial charge on any atom is -0.391 e. The van der Waals surface area contributed by atoms with Crippen molar-refractivity contribution in [2.75, 3.05) is 36.9 Å². The number of carbonyl (C=O) groups excluding carboxylic acids is 4. The predicted molar refractivity (Wildman–Crippen MR) is 261 cm³/mol. The van der Waals surface area contributed by atoms with E-state index >= 15 is 0 Å². The van der Waals surface area contributed by atoms with Crippen molar-refractivity contribution in [3.63, 3.8) is 0 Å². The lowest BCUT2D eigenvalue weighted by Crippen LogP contribution is -2.58. The molecular formula is C48H55N13O5S2. The highest BCUT2D eigenvalue weighted by molar-refractivity contribution is 7.18. The zero-order valence-corrected chi connectivity index (χ0v) is 40.4. The zero-order valence-electron chi connectivity index (χ0n) is 38.8. The number of aliphatic hydroxyl groups excluding tert-OH is 1. The van der Waals surface area contributed by atoms with Crippen molar-refractivity contribution in [3.05, 3.63) is 83.3 Å². The summed E-state index contributed by atoms with van der Waals surface area (Å²) in [6, 6.07) is 15.2. The first-order chi connectivity index (χ1) is 32.6. The Kier molecular flexibility index (Phi) is 14.2. The maximum absolute atomic E-state index is 14.2. The number of nitrogens with zero attached hydrogens (tertiary/aromatic N) is 9. The van der Waals surface area contributed by atoms with Crippen molar-refractivity contribution < 1.29 is 24.3 Å². The molecule has 0 unspecified atom stereocenters. The van der Waals surface area contributed by atoms with Crippen molar-refractivity contribution in [2.24, 2.45) is 5.41 Å². The molecule has 20 heteroatoms. The molecule has 5 N–H and O–H groups in total. The van der Waals surface area contributed by atoms with Gasteiger partial charge in [-0.15, -0.1) is 21.5 Å². The number of aryl methyl sites for hydroxylation is 1. The SMILES string of the molecule is CNc1cc(-c2ccc3cc(C#N)cnn23)ncc1-c1nnc(N2CCC(NC(=O)CCC(=O)N[C@H](C(=O)N3C[C@H](O)C[C@H]3C(=O)N[C@@H](C)c3ccc(-c4scnc4C)cc3)C(C)(C)C)CC2)s1. The molecule has 0 radical (unpaired) electrons. The van der Waals surface area contributed by atoms with Crippen LogP contribution in [0.3, 0.4) is 0 Å². The lowest BCUT2D eigenvalue weighted by Gasteiger charge is -2.35. The molecule has 4 amide bonds. The van der Waals surface area contributed by atoms with Crippen molar-refractivity contribution in [1.82, 2.24) is 50.6 Å². The first kappa shape index (κ1) is 47.7. The standard InChI is InChI=1S/C48H55N13O5S2/c1-27(30-7-9-31(10-8-30)42-28(2)52-26-67-42)54-44(65)39-20-34(62)25-60(39)46(66)43(48(3,4)5)56-41(64)14-13-40(63)55-32-15-17-59(18-16-32)47-58-57-45(68-47)35-24-51-37(21-36(35)50-6)38-12-11-33-19-29(22-49)23-53-61(33)38/h7-12,19,21,23-24,26-27,32,34,39,43,62H,13-18,20,25H2,1-6H3,(H,50,51)(H,54,65)(H,55,63)(H,56,64)/t27-,34+,39-,43+/m0/s1. The summed E-state index contributed by atoms with van der Waals surface area (Å²) in [6.45, 7) is 10.6. The number of pyridine rings is 1. The van der Waals surface area contributed by atoms with Crippen molar-refractivity contribution >= 4 is 62.6 Å². The molecule has 0 aliphatic carbocycles. The van der Waals surface area contributed by atoms with E-state index in [4.69, 9.17) is 4.98 Å². The summed E-state index contributed by atoms with van der Waals surface area (Å²) < 4.78 is 1.75. The summed E-state index contributed by atoms with van der Waals surface area (Å²) in [7, 11) is 1.84. The van der Waals surface area contributed by atoms with E-state index in [1.165, 1.54) is 22.4 Å². The minimum absolute atomic E-state index is 0.0421. The van der Waals surface area contributed by atoms with Crippen LogP contribution >= 0.6 is 22.7 Å². The molecule has 2 aliphatic heterocycles. The third-order valence-electron chi connectivity index (χ3n) is 12.5. The van der Waals surface area contributed by atoms with Crippen LogP contribution in [0.1, 0.15) is 82.7 Å². The number of aliphatic hydroxyl groups is 1. The summed E-state index contributed by atoms with van der Waals surface area (Å²) in [5.41, 5.74) is 8.35. The summed E-state index contributed by atoms with van der Waals surface area (Å²) in [6.07, 6.45) is 3.62. The molecule has 68 heavy (non-hydrogen) atoms. The number of fused-ring (bicyclic) bond motifs is 1. The number of nitrogens with one attached hydrogen (secondary N) is 4. The molecule has 2 saturated heterocycles. The number of hydrogen-bond donors (Lipinski definition) is 5. The highest BCUT2D eigenvalue weighted by Crippen LogP contribution is 2.36. The maximum Gasteiger partial charge on any atom is 0.246 e. The molecule has 7 heterocycles. The topological polar surface area (TPSA) is 236 Å². The number of likely N-dealkylation sites (tertiary alicyclic amines) is 1. The van der Waals surface area contributed by atoms with Crippen molar-refractivity contribution in [1.29, 1.82) is 5.26 Å². The molecule has 4 atom stereocenters. The van der Waals surface area contributed by atoms with E-state index in [0.29, 0.717) is 42.2 Å². The van der Waals surface area contributed by atoms with Gasteiger partial charge in [-0.1, -0.05) is 56.4 Å². The quantitative estimate of drug-likeness (QED) is 0.0909. The molecule has 0 spiro atoms. The van der Waals surface area contributed by atoms with E-state index in [2.05, 4.69) is 52.5 Å². The second-order valence-electron chi connectivity index (χ2n) is 18.4. The van der Waals surface area contributed by atoms with Crippen LogP contribution in [0.5, 0.6) is 0 Å². The Balaban J connectivity index is 0.808. The molecule has 18 nitrogen and oxygen atoms in total. The van der Waals surface area contributed by atoms with Gasteiger partial charge < -0.3 is 36.2 Å². The lowest BCUT2D eigenvalue weighted by atomic mass is 9.85. The Hall–Kier alpha value is -6.82. The van der Waals surface area contributed by atoms with E-state index in [1.807, 2.05) is 89.6 Å². The second kappa shape index (κ2) is 20.2. The van der Waals surface area contributed by atoms with Gasteiger partial charge in [0, 0.05) is 63.9 Å². The number of piperidine rings is 1. The number of aromatic nitrogens is 6. The number of amides is 4. The van der Waals surface area contributed by atoms with Crippen LogP contribution in [0.2, 0.25) is 0 Å². The van der Waals surface area contributed by atoms with Crippen LogP contribution in [0.15, 0.2) is 66.4 Å². The number of thiazole rings is 1. The van der Waals surface area contributed by atoms with Gasteiger partial charge in [0.15, 0.2) is 5.01 Å². The Morgan fingerprint density at radius 2 is 1.72 bits per heavy atom. The Bertz CT molecular complexity index is 2860. The third-order valence-corrected chi connectivity index (χ3v) is 14.5. The highest BCUT2D eigenvalue weighted by Gasteiger charge is 2.45. The molecular weight excluding hydrogens is 903 g/mol. The van der Waals surface area contributed by atoms with Crippen LogP contribution in [0.25, 0.3) is 37.9 Å². The van der Waals surface area contributed by atoms with Crippen LogP contribution in [0.4, 0.5) is 10.8 Å². The van der Waals surface area contributed by atoms with Gasteiger partial charge in [-0.3, -0.25) is 24.2 Å². The number of benzene rings is 1. The average molecular weight is 958 g/mol. The largest absolute Gasteiger partial charge is 0.391 e. The summed E-state index contributed by atoms with van der Waals surface area (Å²) >= 11 is 3.03. The molecule has 5 aromatic heterocycles. The van der Waals surface area contributed by atoms with E-state index in [9.17, 15) is 29.5 Å². The van der Waals surface area contributed by atoms with Gasteiger partial charge in [-0.2, -0.15) is 10.4 Å². The number of β-amino-alcohol motifs (C(OH)–C–C–N with tert-alkyl or cyclic N) is 1. The highest BCUT2D eigenvalue weighted by atomic mass is 32.1. The number of nitriles is 1. The molecule has 8 rings (SSSR count). The maximum atomic E-state index is 14.2. The van der Waals surface area contributed by atoms with Gasteiger partial charge in [0.2, 0.25) is 28.8 Å². The molecule has 1 aromatic carbocycles. The van der Waals surface area contributed by atoms with Crippen LogP contribution < -0.4 is 26.2 Å². The number of rotatable bonds is 14. The second-order valence-corrected chi connectivity index (χ2v) is 20.2. The molecule has 0 bridgehead atoms. The van der Waals surface area contributed by atoms with Gasteiger partial charge in [0.05, 0.1) is 62.5 Å². The fourth-order valence-corrected chi connectivity index (χ4v) is 10.4. The fraction of sp³-hybridized carbons (Fsp3) is 0.417. The zero-order chi connectivity index (χ0) is 48.3. The Labute approximate surface area is 402 Å². The number of hydrogen-bond acceptors (Lipinski definition) is 15. The number of carbonyl (C=O) groups is 4. The van der Waals surface area contributed by atoms with Gasteiger partial charge in [0.25, 0.3) is 0 Å². The molecule has 0 saturated carbocycles. The van der Waals surface area contributed by atoms with Crippen LogP contribution in [-0.4, -0.2) is 114 Å².